The molecule has 0 unspecified atom stereocenters. The quantitative estimate of drug-likeness (QED) is 0.351. The summed E-state index contributed by atoms with van der Waals surface area (Å²) in [6, 6.07) is 17.2. The molecule has 34 heavy (non-hydrogen) atoms. The predicted octanol–water partition coefficient (Wildman–Crippen LogP) is 6.97. The Morgan fingerprint density at radius 1 is 1.00 bits per heavy atom. The largest absolute Gasteiger partial charge is 0.478 e. The van der Waals surface area contributed by atoms with Gasteiger partial charge in [0.05, 0.1) is 11.3 Å². The van der Waals surface area contributed by atoms with E-state index in [-0.39, 0.29) is 11.4 Å². The van der Waals surface area contributed by atoms with Crippen LogP contribution in [0.3, 0.4) is 0 Å². The standard InChI is InChI=1S/C29H27FN2O2/c1-29(2)22-12-11-20(17-6-9-19(10-7-17)32-14-4-3-5-15-32)26(30)24(22)27-25(29)21-16-18(28(33)34)8-13-23(21)31-27/h6-13,16,31H,3-5,14-15H2,1-2H3,(H,33,34). The fraction of sp³-hybridized carbons (Fsp3) is 0.276. The number of nitrogens with zero attached hydrogens (tertiary/aromatic N) is 1. The van der Waals surface area contributed by atoms with Crippen molar-refractivity contribution < 1.29 is 14.3 Å². The van der Waals surface area contributed by atoms with Crippen LogP contribution in [-0.4, -0.2) is 29.1 Å². The second kappa shape index (κ2) is 7.45. The molecule has 0 radical (unpaired) electrons. The van der Waals surface area contributed by atoms with E-state index < -0.39 is 11.4 Å². The molecule has 0 spiro atoms. The van der Waals surface area contributed by atoms with Gasteiger partial charge in [-0.3, -0.25) is 0 Å². The van der Waals surface area contributed by atoms with Crippen LogP contribution in [0.15, 0.2) is 54.6 Å². The van der Waals surface area contributed by atoms with Crippen LogP contribution in [0.4, 0.5) is 10.1 Å². The lowest BCUT2D eigenvalue weighted by Gasteiger charge is -2.29. The average Bonchev–Trinajstić information content (AvgIpc) is 3.33. The maximum atomic E-state index is 16.1. The minimum Gasteiger partial charge on any atom is -0.478 e. The van der Waals surface area contributed by atoms with Crippen LogP contribution in [0.5, 0.6) is 0 Å². The third-order valence-corrected chi connectivity index (χ3v) is 7.64. The van der Waals surface area contributed by atoms with Crippen molar-refractivity contribution in [2.75, 3.05) is 18.0 Å². The summed E-state index contributed by atoms with van der Waals surface area (Å²) in [5.41, 5.74) is 6.46. The van der Waals surface area contributed by atoms with Crippen molar-refractivity contribution in [2.45, 2.75) is 38.5 Å². The van der Waals surface area contributed by atoms with Crippen LogP contribution in [0, 0.1) is 5.82 Å². The fourth-order valence-corrected chi connectivity index (χ4v) is 5.86. The number of nitrogens with one attached hydrogen (secondary N) is 1. The third kappa shape index (κ3) is 2.99. The Hall–Kier alpha value is -3.60. The van der Waals surface area contributed by atoms with Gasteiger partial charge in [0.25, 0.3) is 0 Å². The monoisotopic (exact) mass is 454 g/mol. The zero-order valence-corrected chi connectivity index (χ0v) is 19.4. The van der Waals surface area contributed by atoms with Gasteiger partial charge in [0, 0.05) is 46.2 Å². The Kier molecular flexibility index (Phi) is 4.60. The number of anilines is 1. The number of H-pyrrole nitrogens is 1. The Morgan fingerprint density at radius 2 is 1.74 bits per heavy atom. The first kappa shape index (κ1) is 21.0. The fourth-order valence-electron chi connectivity index (χ4n) is 5.86. The first-order valence-corrected chi connectivity index (χ1v) is 11.9. The molecule has 0 saturated carbocycles. The van der Waals surface area contributed by atoms with Crippen molar-refractivity contribution in [3.8, 4) is 22.4 Å². The van der Waals surface area contributed by atoms with Gasteiger partial charge in [-0.15, -0.1) is 0 Å². The van der Waals surface area contributed by atoms with Crippen LogP contribution in [-0.2, 0) is 5.41 Å². The highest BCUT2D eigenvalue weighted by molar-refractivity contribution is 6.01. The average molecular weight is 455 g/mol. The van der Waals surface area contributed by atoms with E-state index in [4.69, 9.17) is 0 Å². The molecule has 2 aliphatic rings. The number of hydrogen-bond donors (Lipinski definition) is 2. The van der Waals surface area contributed by atoms with Gasteiger partial charge < -0.3 is 15.0 Å². The molecule has 3 aromatic carbocycles. The van der Waals surface area contributed by atoms with Gasteiger partial charge in [-0.2, -0.15) is 0 Å². The zero-order valence-electron chi connectivity index (χ0n) is 19.4. The van der Waals surface area contributed by atoms with E-state index in [9.17, 15) is 9.90 Å². The highest BCUT2D eigenvalue weighted by Crippen LogP contribution is 2.53. The molecule has 1 aliphatic carbocycles. The number of fused-ring (bicyclic) bond motifs is 5. The molecule has 6 rings (SSSR count). The summed E-state index contributed by atoms with van der Waals surface area (Å²) in [5.74, 6) is -1.20. The maximum Gasteiger partial charge on any atom is 0.335 e. The smallest absolute Gasteiger partial charge is 0.335 e. The van der Waals surface area contributed by atoms with E-state index in [0.29, 0.717) is 11.1 Å². The molecule has 0 bridgehead atoms. The lowest BCUT2D eigenvalue weighted by Crippen LogP contribution is -2.29. The molecule has 0 amide bonds. The molecule has 172 valence electrons. The SMILES string of the molecule is CC1(C)c2ccc(-c3ccc(N4CCCCC4)cc3)c(F)c2-c2[nH]c3ccc(C(=O)O)cc3c21. The molecule has 1 saturated heterocycles. The van der Waals surface area contributed by atoms with Gasteiger partial charge in [0.2, 0.25) is 0 Å². The van der Waals surface area contributed by atoms with E-state index in [1.54, 1.807) is 18.2 Å². The summed E-state index contributed by atoms with van der Waals surface area (Å²) < 4.78 is 16.1. The van der Waals surface area contributed by atoms with E-state index >= 15 is 4.39 Å². The molecule has 1 fully saturated rings. The zero-order chi connectivity index (χ0) is 23.6. The lowest BCUT2D eigenvalue weighted by atomic mass is 9.81. The Labute approximate surface area is 198 Å². The number of aromatic nitrogens is 1. The summed E-state index contributed by atoms with van der Waals surface area (Å²) in [7, 11) is 0. The number of carbonyl (C=O) groups is 1. The van der Waals surface area contributed by atoms with E-state index in [1.807, 2.05) is 24.3 Å². The van der Waals surface area contributed by atoms with E-state index in [2.05, 4.69) is 35.9 Å². The molecule has 1 aliphatic heterocycles. The molecule has 2 heterocycles. The van der Waals surface area contributed by atoms with Crippen LogP contribution in [0.25, 0.3) is 33.3 Å². The van der Waals surface area contributed by atoms with Gasteiger partial charge in [-0.1, -0.05) is 38.1 Å². The number of carboxylic acids is 1. The second-order valence-corrected chi connectivity index (χ2v) is 10.0. The summed E-state index contributed by atoms with van der Waals surface area (Å²) >= 11 is 0. The van der Waals surface area contributed by atoms with Crippen LogP contribution in [0.1, 0.15) is 54.6 Å². The Bertz CT molecular complexity index is 1440. The lowest BCUT2D eigenvalue weighted by molar-refractivity contribution is 0.0697. The number of aromatic amines is 1. The van der Waals surface area contributed by atoms with Crippen LogP contribution < -0.4 is 4.90 Å². The van der Waals surface area contributed by atoms with Gasteiger partial charge in [-0.05, 0) is 66.3 Å². The Balaban J connectivity index is 1.47. The minimum atomic E-state index is -0.966. The predicted molar refractivity (Wildman–Crippen MR) is 134 cm³/mol. The first-order valence-electron chi connectivity index (χ1n) is 11.9. The van der Waals surface area contributed by atoms with E-state index in [0.717, 1.165) is 46.4 Å². The summed E-state index contributed by atoms with van der Waals surface area (Å²) in [5, 5.41) is 10.3. The van der Waals surface area contributed by atoms with Gasteiger partial charge >= 0.3 is 5.97 Å². The number of aromatic carboxylic acids is 1. The Morgan fingerprint density at radius 3 is 2.44 bits per heavy atom. The molecule has 1 aromatic heterocycles. The highest BCUT2D eigenvalue weighted by atomic mass is 19.1. The first-order chi connectivity index (χ1) is 16.4. The van der Waals surface area contributed by atoms with E-state index in [1.165, 1.54) is 24.9 Å². The number of carboxylic acid groups (broad SMARTS) is 1. The topological polar surface area (TPSA) is 56.3 Å². The normalized spacial score (nSPS) is 16.5. The third-order valence-electron chi connectivity index (χ3n) is 7.64. The van der Waals surface area contributed by atoms with Crippen molar-refractivity contribution in [1.29, 1.82) is 0 Å². The van der Waals surface area contributed by atoms with Crippen molar-refractivity contribution in [1.82, 2.24) is 4.98 Å². The van der Waals surface area contributed by atoms with Gasteiger partial charge in [0.1, 0.15) is 5.82 Å². The molecular formula is C29H27FN2O2. The summed E-state index contributed by atoms with van der Waals surface area (Å²) in [4.78, 5) is 17.3. The minimum absolute atomic E-state index is 0.232. The number of halogens is 1. The van der Waals surface area contributed by atoms with Crippen molar-refractivity contribution in [3.63, 3.8) is 0 Å². The van der Waals surface area contributed by atoms with Crippen LogP contribution >= 0.6 is 0 Å². The number of benzene rings is 3. The van der Waals surface area contributed by atoms with Crippen LogP contribution in [0.2, 0.25) is 0 Å². The van der Waals surface area contributed by atoms with Gasteiger partial charge in [0.15, 0.2) is 0 Å². The molecule has 5 heteroatoms. The molecule has 0 atom stereocenters. The van der Waals surface area contributed by atoms with Crippen molar-refractivity contribution in [3.05, 3.63) is 77.1 Å². The van der Waals surface area contributed by atoms with Gasteiger partial charge in [-0.25, -0.2) is 9.18 Å². The summed E-state index contributed by atoms with van der Waals surface area (Å²) in [6.45, 7) is 6.30. The molecule has 4 aromatic rings. The second-order valence-electron chi connectivity index (χ2n) is 10.0. The number of rotatable bonds is 3. The van der Waals surface area contributed by atoms with Crippen molar-refractivity contribution >= 4 is 22.6 Å². The number of piperidine rings is 1. The highest BCUT2D eigenvalue weighted by Gasteiger charge is 2.41. The van der Waals surface area contributed by atoms with Crippen molar-refractivity contribution in [2.24, 2.45) is 0 Å². The maximum absolute atomic E-state index is 16.1. The summed E-state index contributed by atoms with van der Waals surface area (Å²) in [6.07, 6.45) is 3.73. The number of hydrogen-bond acceptors (Lipinski definition) is 2. The molecule has 2 N–H and O–H groups in total. The molecular weight excluding hydrogens is 427 g/mol. The molecule has 4 nitrogen and oxygen atoms in total.